The van der Waals surface area contributed by atoms with Crippen molar-refractivity contribution in [3.8, 4) is 0 Å². The monoisotopic (exact) mass is 312 g/mol. The van der Waals surface area contributed by atoms with Crippen molar-refractivity contribution in [2.45, 2.75) is 44.7 Å². The van der Waals surface area contributed by atoms with E-state index in [1.807, 2.05) is 0 Å². The lowest BCUT2D eigenvalue weighted by Gasteiger charge is -2.43. The highest BCUT2D eigenvalue weighted by atomic mass is 16.5. The standard InChI is InChI=1S/C19H24N2O2/c1-3-20-9-5-7-14-15-6-4-8-16-19(15)13(10-17(14)20)11-21(16)12-18(22)23-2/h4,6,8,11,14,17H,3,5,7,9-10,12H2,1-2H3/t14-,17-/m0/s1. The van der Waals surface area contributed by atoms with Crippen LogP contribution in [0, 0.1) is 0 Å². The maximum absolute atomic E-state index is 11.7. The van der Waals surface area contributed by atoms with Gasteiger partial charge in [0.2, 0.25) is 0 Å². The summed E-state index contributed by atoms with van der Waals surface area (Å²) in [6.07, 6.45) is 5.83. The Labute approximate surface area is 137 Å². The fourth-order valence-electron chi connectivity index (χ4n) is 4.65. The average molecular weight is 312 g/mol. The van der Waals surface area contributed by atoms with Gasteiger partial charge >= 0.3 is 5.97 Å². The summed E-state index contributed by atoms with van der Waals surface area (Å²) >= 11 is 0. The second-order valence-electron chi connectivity index (χ2n) is 6.75. The molecule has 23 heavy (non-hydrogen) atoms. The zero-order chi connectivity index (χ0) is 16.0. The number of carbonyl (C=O) groups is 1. The Bertz CT molecular complexity index is 749. The number of carbonyl (C=O) groups excluding carboxylic acids is 1. The number of likely N-dealkylation sites (N-methyl/N-ethyl adjacent to an activating group) is 1. The van der Waals surface area contributed by atoms with E-state index in [-0.39, 0.29) is 5.97 Å². The predicted molar refractivity (Wildman–Crippen MR) is 90.7 cm³/mol. The van der Waals surface area contributed by atoms with Crippen molar-refractivity contribution in [2.75, 3.05) is 20.2 Å². The van der Waals surface area contributed by atoms with Crippen LogP contribution in [0.15, 0.2) is 24.4 Å². The second kappa shape index (κ2) is 5.68. The van der Waals surface area contributed by atoms with Crippen molar-refractivity contribution in [2.24, 2.45) is 0 Å². The zero-order valence-corrected chi connectivity index (χ0v) is 13.9. The summed E-state index contributed by atoms with van der Waals surface area (Å²) in [6, 6.07) is 7.18. The Morgan fingerprint density at radius 1 is 1.39 bits per heavy atom. The fourth-order valence-corrected chi connectivity index (χ4v) is 4.65. The van der Waals surface area contributed by atoms with E-state index in [9.17, 15) is 4.79 Å². The molecule has 0 amide bonds. The fraction of sp³-hybridized carbons (Fsp3) is 0.526. The van der Waals surface area contributed by atoms with Gasteiger partial charge in [0.25, 0.3) is 0 Å². The lowest BCUT2D eigenvalue weighted by Crippen LogP contribution is -2.46. The maximum atomic E-state index is 11.7. The van der Waals surface area contributed by atoms with Crippen LogP contribution in [0.1, 0.15) is 36.8 Å². The van der Waals surface area contributed by atoms with Gasteiger partial charge in [-0.1, -0.05) is 19.1 Å². The van der Waals surface area contributed by atoms with Crippen molar-refractivity contribution >= 4 is 16.9 Å². The number of hydrogen-bond donors (Lipinski definition) is 0. The van der Waals surface area contributed by atoms with Gasteiger partial charge in [0, 0.05) is 29.1 Å². The maximum Gasteiger partial charge on any atom is 0.325 e. The number of piperidine rings is 1. The molecule has 2 heterocycles. The number of fused-ring (bicyclic) bond motifs is 2. The Kier molecular flexibility index (Phi) is 3.64. The minimum atomic E-state index is -0.189. The Morgan fingerprint density at radius 3 is 3.04 bits per heavy atom. The number of rotatable bonds is 3. The number of likely N-dealkylation sites (tertiary alicyclic amines) is 1. The summed E-state index contributed by atoms with van der Waals surface area (Å²) in [6.45, 7) is 4.89. The predicted octanol–water partition coefficient (Wildman–Crippen LogP) is 2.94. The first-order valence-corrected chi connectivity index (χ1v) is 8.64. The molecule has 0 unspecified atom stereocenters. The molecule has 0 saturated carbocycles. The summed E-state index contributed by atoms with van der Waals surface area (Å²) < 4.78 is 6.92. The normalized spacial score (nSPS) is 23.7. The van der Waals surface area contributed by atoms with Crippen molar-refractivity contribution in [1.29, 1.82) is 0 Å². The van der Waals surface area contributed by atoms with Crippen LogP contribution < -0.4 is 0 Å². The van der Waals surface area contributed by atoms with Crippen LogP contribution in [0.5, 0.6) is 0 Å². The quantitative estimate of drug-likeness (QED) is 0.817. The van der Waals surface area contributed by atoms with E-state index < -0.39 is 0 Å². The third-order valence-electron chi connectivity index (χ3n) is 5.67. The highest BCUT2D eigenvalue weighted by molar-refractivity contribution is 5.90. The van der Waals surface area contributed by atoms with Crippen LogP contribution in [-0.4, -0.2) is 41.7 Å². The van der Waals surface area contributed by atoms with E-state index in [4.69, 9.17) is 4.74 Å². The molecule has 4 nitrogen and oxygen atoms in total. The van der Waals surface area contributed by atoms with Gasteiger partial charge in [-0.3, -0.25) is 9.69 Å². The summed E-state index contributed by atoms with van der Waals surface area (Å²) in [5, 5.41) is 1.38. The van der Waals surface area contributed by atoms with Crippen LogP contribution in [0.25, 0.3) is 10.9 Å². The Balaban J connectivity index is 1.82. The van der Waals surface area contributed by atoms with Crippen LogP contribution in [0.3, 0.4) is 0 Å². The second-order valence-corrected chi connectivity index (χ2v) is 6.75. The van der Waals surface area contributed by atoms with Gasteiger partial charge < -0.3 is 9.30 Å². The minimum absolute atomic E-state index is 0.189. The number of hydrogen-bond acceptors (Lipinski definition) is 3. The van der Waals surface area contributed by atoms with E-state index >= 15 is 0 Å². The average Bonchev–Trinajstić information content (AvgIpc) is 2.93. The van der Waals surface area contributed by atoms with Gasteiger partial charge in [0.15, 0.2) is 0 Å². The zero-order valence-electron chi connectivity index (χ0n) is 13.9. The van der Waals surface area contributed by atoms with Crippen molar-refractivity contribution in [3.05, 3.63) is 35.5 Å². The lowest BCUT2D eigenvalue weighted by atomic mass is 9.75. The summed E-state index contributed by atoms with van der Waals surface area (Å²) in [7, 11) is 1.45. The van der Waals surface area contributed by atoms with Crippen LogP contribution in [0.4, 0.5) is 0 Å². The third kappa shape index (κ3) is 2.27. The molecule has 1 saturated heterocycles. The first kappa shape index (κ1) is 14.8. The Morgan fingerprint density at radius 2 is 2.26 bits per heavy atom. The highest BCUT2D eigenvalue weighted by Crippen LogP contribution is 2.43. The van der Waals surface area contributed by atoms with E-state index in [2.05, 4.69) is 40.8 Å². The molecule has 1 fully saturated rings. The van der Waals surface area contributed by atoms with Crippen LogP contribution in [0.2, 0.25) is 0 Å². The molecule has 0 spiro atoms. The molecule has 0 bridgehead atoms. The van der Waals surface area contributed by atoms with E-state index in [0.29, 0.717) is 18.5 Å². The SMILES string of the molecule is CCN1CCC[C@H]2c3cccc4c3c(cn4CC(=O)OC)C[C@@H]21. The van der Waals surface area contributed by atoms with Gasteiger partial charge in [0.1, 0.15) is 6.54 Å². The molecule has 2 aromatic rings. The van der Waals surface area contributed by atoms with Gasteiger partial charge in [-0.25, -0.2) is 0 Å². The van der Waals surface area contributed by atoms with E-state index in [1.54, 1.807) is 0 Å². The smallest absolute Gasteiger partial charge is 0.325 e. The van der Waals surface area contributed by atoms with Crippen molar-refractivity contribution in [1.82, 2.24) is 9.47 Å². The molecule has 1 aliphatic carbocycles. The number of methoxy groups -OCH3 is 1. The molecule has 1 aliphatic heterocycles. The van der Waals surface area contributed by atoms with Crippen molar-refractivity contribution in [3.63, 3.8) is 0 Å². The molecule has 2 aliphatic rings. The van der Waals surface area contributed by atoms with Gasteiger partial charge in [-0.2, -0.15) is 0 Å². The number of aromatic nitrogens is 1. The summed E-state index contributed by atoms with van der Waals surface area (Å²) in [5.74, 6) is 0.444. The summed E-state index contributed by atoms with van der Waals surface area (Å²) in [4.78, 5) is 14.4. The number of nitrogens with zero attached hydrogens (tertiary/aromatic N) is 2. The van der Waals surface area contributed by atoms with Gasteiger partial charge in [0.05, 0.1) is 7.11 Å². The number of esters is 1. The molecule has 1 aromatic carbocycles. The molecule has 4 heteroatoms. The Hall–Kier alpha value is -1.81. The molecule has 122 valence electrons. The van der Waals surface area contributed by atoms with Gasteiger partial charge in [-0.05, 0) is 49.5 Å². The van der Waals surface area contributed by atoms with Crippen molar-refractivity contribution < 1.29 is 9.53 Å². The highest BCUT2D eigenvalue weighted by Gasteiger charge is 2.37. The molecule has 1 aromatic heterocycles. The number of ether oxygens (including phenoxy) is 1. The van der Waals surface area contributed by atoms with E-state index in [1.165, 1.54) is 48.5 Å². The first-order chi connectivity index (χ1) is 11.2. The molecule has 0 N–H and O–H groups in total. The molecule has 0 radical (unpaired) electrons. The van der Waals surface area contributed by atoms with E-state index in [0.717, 1.165) is 13.0 Å². The molecule has 2 atom stereocenters. The topological polar surface area (TPSA) is 34.5 Å². The number of benzene rings is 1. The summed E-state index contributed by atoms with van der Waals surface area (Å²) in [5.41, 5.74) is 4.05. The molecular weight excluding hydrogens is 288 g/mol. The van der Waals surface area contributed by atoms with Crippen LogP contribution >= 0.6 is 0 Å². The minimum Gasteiger partial charge on any atom is -0.468 e. The third-order valence-corrected chi connectivity index (χ3v) is 5.67. The molecule has 4 rings (SSSR count). The van der Waals surface area contributed by atoms with Gasteiger partial charge in [-0.15, -0.1) is 0 Å². The van der Waals surface area contributed by atoms with Crippen LogP contribution in [-0.2, 0) is 22.5 Å². The lowest BCUT2D eigenvalue weighted by molar-refractivity contribution is -0.141. The first-order valence-electron chi connectivity index (χ1n) is 8.64. The largest absolute Gasteiger partial charge is 0.468 e. The molecular formula is C19H24N2O2.